The Labute approximate surface area is 196 Å². The number of nitrogens with zero attached hydrogens (tertiary/aromatic N) is 4. The second-order valence-corrected chi connectivity index (χ2v) is 8.58. The van der Waals surface area contributed by atoms with E-state index in [1.165, 1.54) is 11.1 Å². The quantitative estimate of drug-likeness (QED) is 0.485. The summed E-state index contributed by atoms with van der Waals surface area (Å²) in [5, 5.41) is 8.91. The molecule has 0 N–H and O–H groups in total. The Bertz CT molecular complexity index is 1070. The zero-order chi connectivity index (χ0) is 23.2. The summed E-state index contributed by atoms with van der Waals surface area (Å²) in [5.41, 5.74) is 5.17. The van der Waals surface area contributed by atoms with Crippen molar-refractivity contribution in [1.82, 2.24) is 15.1 Å². The predicted octanol–water partition coefficient (Wildman–Crippen LogP) is 4.90. The maximum atomic E-state index is 12.9. The van der Waals surface area contributed by atoms with Crippen LogP contribution in [0.3, 0.4) is 0 Å². The third-order valence-corrected chi connectivity index (χ3v) is 6.21. The fraction of sp³-hybridized carbons (Fsp3) is 0.370. The summed E-state index contributed by atoms with van der Waals surface area (Å²) >= 11 is 0. The number of rotatable bonds is 7. The fourth-order valence-corrected chi connectivity index (χ4v) is 3.90. The Kier molecular flexibility index (Phi) is 7.23. The van der Waals surface area contributed by atoms with Crippen LogP contribution in [0.15, 0.2) is 54.6 Å². The first kappa shape index (κ1) is 22.8. The van der Waals surface area contributed by atoms with Crippen molar-refractivity contribution in [2.75, 3.05) is 37.7 Å². The van der Waals surface area contributed by atoms with Crippen LogP contribution >= 0.6 is 0 Å². The van der Waals surface area contributed by atoms with Crippen molar-refractivity contribution in [2.45, 2.75) is 33.6 Å². The largest absolute Gasteiger partial charge is 0.494 e. The number of benzene rings is 2. The normalized spacial score (nSPS) is 13.8. The highest BCUT2D eigenvalue weighted by atomic mass is 16.5. The minimum Gasteiger partial charge on any atom is -0.494 e. The first-order chi connectivity index (χ1) is 16.0. The molecule has 0 unspecified atom stereocenters. The molecule has 1 fully saturated rings. The van der Waals surface area contributed by atoms with E-state index in [2.05, 4.69) is 54.1 Å². The number of unbranched alkanes of at least 4 members (excludes halogenated alkanes) is 1. The van der Waals surface area contributed by atoms with Crippen LogP contribution in [0, 0.1) is 13.8 Å². The number of hydrogen-bond acceptors (Lipinski definition) is 5. The van der Waals surface area contributed by atoms with E-state index in [-0.39, 0.29) is 5.91 Å². The highest BCUT2D eigenvalue weighted by Crippen LogP contribution is 2.22. The lowest BCUT2D eigenvalue weighted by Gasteiger charge is -2.35. The van der Waals surface area contributed by atoms with Crippen LogP contribution in [-0.4, -0.2) is 53.8 Å². The van der Waals surface area contributed by atoms with Crippen molar-refractivity contribution in [3.63, 3.8) is 0 Å². The number of carbonyl (C=O) groups excluding carboxylic acids is 1. The molecule has 1 amide bonds. The third kappa shape index (κ3) is 5.51. The van der Waals surface area contributed by atoms with Gasteiger partial charge in [-0.15, -0.1) is 10.2 Å². The van der Waals surface area contributed by atoms with Gasteiger partial charge in [0.2, 0.25) is 0 Å². The second kappa shape index (κ2) is 10.5. The number of piperazine rings is 1. The summed E-state index contributed by atoms with van der Waals surface area (Å²) < 4.78 is 5.69. The SMILES string of the molecule is CCCCOc1ccc(C(=O)N2CCN(c3ccc(-c4ccc(C)c(C)c4)nn3)CC2)cc1. The van der Waals surface area contributed by atoms with Crippen LogP contribution in [0.25, 0.3) is 11.3 Å². The molecule has 0 saturated carbocycles. The van der Waals surface area contributed by atoms with Gasteiger partial charge in [-0.2, -0.15) is 0 Å². The molecule has 6 nitrogen and oxygen atoms in total. The van der Waals surface area contributed by atoms with Gasteiger partial charge in [-0.05, 0) is 73.9 Å². The number of aromatic nitrogens is 2. The van der Waals surface area contributed by atoms with Gasteiger partial charge >= 0.3 is 0 Å². The molecule has 4 rings (SSSR count). The molecule has 33 heavy (non-hydrogen) atoms. The molecule has 6 heteroatoms. The second-order valence-electron chi connectivity index (χ2n) is 8.58. The van der Waals surface area contributed by atoms with Gasteiger partial charge in [-0.3, -0.25) is 4.79 Å². The molecule has 1 aliphatic heterocycles. The smallest absolute Gasteiger partial charge is 0.253 e. The van der Waals surface area contributed by atoms with Crippen molar-refractivity contribution in [3.8, 4) is 17.0 Å². The highest BCUT2D eigenvalue weighted by molar-refractivity contribution is 5.94. The van der Waals surface area contributed by atoms with Crippen molar-refractivity contribution in [2.24, 2.45) is 0 Å². The monoisotopic (exact) mass is 444 g/mol. The van der Waals surface area contributed by atoms with E-state index in [1.54, 1.807) is 0 Å². The molecule has 0 radical (unpaired) electrons. The van der Waals surface area contributed by atoms with Crippen molar-refractivity contribution >= 4 is 11.7 Å². The lowest BCUT2D eigenvalue weighted by atomic mass is 10.0. The van der Waals surface area contributed by atoms with Crippen molar-refractivity contribution in [3.05, 3.63) is 71.3 Å². The van der Waals surface area contributed by atoms with Gasteiger partial charge < -0.3 is 14.5 Å². The van der Waals surface area contributed by atoms with E-state index in [0.29, 0.717) is 25.3 Å². The van der Waals surface area contributed by atoms with Gasteiger partial charge in [0, 0.05) is 37.3 Å². The lowest BCUT2D eigenvalue weighted by molar-refractivity contribution is 0.0746. The van der Waals surface area contributed by atoms with Gasteiger partial charge in [0.05, 0.1) is 12.3 Å². The van der Waals surface area contributed by atoms with Crippen LogP contribution in [0.1, 0.15) is 41.3 Å². The summed E-state index contributed by atoms with van der Waals surface area (Å²) in [7, 11) is 0. The van der Waals surface area contributed by atoms with Gasteiger partial charge in [0.1, 0.15) is 5.75 Å². The molecular formula is C27H32N4O2. The molecule has 2 aromatic carbocycles. The molecule has 0 atom stereocenters. The number of anilines is 1. The minimum absolute atomic E-state index is 0.0610. The Morgan fingerprint density at radius 2 is 1.67 bits per heavy atom. The number of aryl methyl sites for hydroxylation is 2. The zero-order valence-corrected chi connectivity index (χ0v) is 19.8. The minimum atomic E-state index is 0.0610. The summed E-state index contributed by atoms with van der Waals surface area (Å²) in [6.45, 7) is 9.86. The summed E-state index contributed by atoms with van der Waals surface area (Å²) in [4.78, 5) is 17.0. The van der Waals surface area contributed by atoms with Crippen LogP contribution in [0.5, 0.6) is 5.75 Å². The van der Waals surface area contributed by atoms with Crippen LogP contribution in [-0.2, 0) is 0 Å². The highest BCUT2D eigenvalue weighted by Gasteiger charge is 2.23. The number of ether oxygens (including phenoxy) is 1. The molecule has 2 heterocycles. The van der Waals surface area contributed by atoms with Crippen LogP contribution < -0.4 is 9.64 Å². The zero-order valence-electron chi connectivity index (χ0n) is 19.8. The number of amides is 1. The van der Waals surface area contributed by atoms with Crippen LogP contribution in [0.4, 0.5) is 5.82 Å². The molecule has 1 aromatic heterocycles. The first-order valence-corrected chi connectivity index (χ1v) is 11.7. The predicted molar refractivity (Wildman–Crippen MR) is 132 cm³/mol. The van der Waals surface area contributed by atoms with E-state index >= 15 is 0 Å². The van der Waals surface area contributed by atoms with E-state index < -0.39 is 0 Å². The van der Waals surface area contributed by atoms with Gasteiger partial charge in [0.15, 0.2) is 5.82 Å². The first-order valence-electron chi connectivity index (χ1n) is 11.7. The standard InChI is InChI=1S/C27H32N4O2/c1-4-5-18-33-24-10-8-22(9-11-24)27(32)31-16-14-30(15-17-31)26-13-12-25(28-29-26)23-7-6-20(2)21(3)19-23/h6-13,19H,4-5,14-18H2,1-3H3. The van der Waals surface area contributed by atoms with E-state index in [1.807, 2.05) is 41.3 Å². The molecule has 0 bridgehead atoms. The maximum absolute atomic E-state index is 12.9. The molecule has 1 aliphatic rings. The number of carbonyl (C=O) groups is 1. The average Bonchev–Trinajstić information content (AvgIpc) is 2.86. The van der Waals surface area contributed by atoms with Crippen molar-refractivity contribution < 1.29 is 9.53 Å². The summed E-state index contributed by atoms with van der Waals surface area (Å²) in [5.74, 6) is 1.72. The fourth-order valence-electron chi connectivity index (χ4n) is 3.90. The molecule has 172 valence electrons. The van der Waals surface area contributed by atoms with Gasteiger partial charge in [-0.1, -0.05) is 25.5 Å². The molecule has 0 aliphatic carbocycles. The van der Waals surface area contributed by atoms with Gasteiger partial charge in [-0.25, -0.2) is 0 Å². The number of hydrogen-bond donors (Lipinski definition) is 0. The topological polar surface area (TPSA) is 58.6 Å². The van der Waals surface area contributed by atoms with Crippen molar-refractivity contribution in [1.29, 1.82) is 0 Å². The van der Waals surface area contributed by atoms with E-state index in [0.717, 1.165) is 48.8 Å². The summed E-state index contributed by atoms with van der Waals surface area (Å²) in [6, 6.07) is 17.9. The Hall–Kier alpha value is -3.41. The molecule has 3 aromatic rings. The van der Waals surface area contributed by atoms with E-state index in [4.69, 9.17) is 4.74 Å². The molecule has 1 saturated heterocycles. The molecular weight excluding hydrogens is 412 g/mol. The Balaban J connectivity index is 1.32. The Morgan fingerprint density at radius 1 is 0.909 bits per heavy atom. The molecule has 0 spiro atoms. The third-order valence-electron chi connectivity index (χ3n) is 6.21. The summed E-state index contributed by atoms with van der Waals surface area (Å²) in [6.07, 6.45) is 2.13. The van der Waals surface area contributed by atoms with E-state index in [9.17, 15) is 4.79 Å². The van der Waals surface area contributed by atoms with Gasteiger partial charge in [0.25, 0.3) is 5.91 Å². The Morgan fingerprint density at radius 3 is 2.30 bits per heavy atom. The lowest BCUT2D eigenvalue weighted by Crippen LogP contribution is -2.49. The maximum Gasteiger partial charge on any atom is 0.253 e. The average molecular weight is 445 g/mol. The van der Waals surface area contributed by atoms with Crippen LogP contribution in [0.2, 0.25) is 0 Å².